The molecule has 0 spiro atoms. The molecule has 1 fully saturated rings. The van der Waals surface area contributed by atoms with Crippen LogP contribution >= 0.6 is 0 Å². The van der Waals surface area contributed by atoms with Gasteiger partial charge in [-0.2, -0.15) is 4.98 Å². The number of fused-ring (bicyclic) bond motifs is 1. The SMILES string of the molecule is Cc1ccc2c(C)nc(NC3=[NH+]C[NH+](CC4CCCO4)CN3)nc2c1. The third kappa shape index (κ3) is 3.72. The average Bonchev–Trinajstić information content (AvgIpc) is 3.09. The zero-order valence-corrected chi connectivity index (χ0v) is 14.9. The molecular weight excluding hydrogens is 316 g/mol. The van der Waals surface area contributed by atoms with Crippen LogP contribution in [0, 0.1) is 13.8 Å². The van der Waals surface area contributed by atoms with Crippen LogP contribution in [-0.2, 0) is 4.74 Å². The summed E-state index contributed by atoms with van der Waals surface area (Å²) in [6.07, 6.45) is 2.78. The molecule has 2 aliphatic rings. The number of aryl methyl sites for hydroxylation is 2. The van der Waals surface area contributed by atoms with E-state index in [4.69, 9.17) is 4.74 Å². The molecule has 1 aromatic heterocycles. The quantitative estimate of drug-likeness (QED) is 0.557. The molecule has 0 aliphatic carbocycles. The van der Waals surface area contributed by atoms with E-state index in [0.717, 1.165) is 49.0 Å². The Morgan fingerprint density at radius 3 is 3.04 bits per heavy atom. The molecule has 0 saturated carbocycles. The number of aromatic nitrogens is 2. The molecule has 4 N–H and O–H groups in total. The fourth-order valence-electron chi connectivity index (χ4n) is 3.48. The molecule has 2 aliphatic heterocycles. The summed E-state index contributed by atoms with van der Waals surface area (Å²) in [5.74, 6) is 1.48. The molecule has 2 unspecified atom stereocenters. The lowest BCUT2D eigenvalue weighted by Crippen LogP contribution is -3.24. The standard InChI is InChI=1S/C18H24N6O/c1-12-5-6-15-13(2)21-18(22-16(15)8-12)23-17-19-10-24(11-20-17)9-14-4-3-7-25-14/h5-6,8,14H,3-4,7,9-11H2,1-2H3,(H2,19,20,21,22,23)/p+2. The van der Waals surface area contributed by atoms with E-state index in [-0.39, 0.29) is 0 Å². The van der Waals surface area contributed by atoms with Crippen LogP contribution in [0.4, 0.5) is 5.95 Å². The van der Waals surface area contributed by atoms with Crippen molar-refractivity contribution in [3.05, 3.63) is 29.5 Å². The molecule has 1 saturated heterocycles. The minimum atomic E-state index is 0.405. The maximum atomic E-state index is 5.72. The second kappa shape index (κ2) is 6.93. The summed E-state index contributed by atoms with van der Waals surface area (Å²) >= 11 is 0. The number of anilines is 1. The van der Waals surface area contributed by atoms with E-state index in [1.54, 1.807) is 0 Å². The van der Waals surface area contributed by atoms with Crippen molar-refractivity contribution in [2.45, 2.75) is 32.8 Å². The van der Waals surface area contributed by atoms with E-state index in [9.17, 15) is 0 Å². The van der Waals surface area contributed by atoms with E-state index < -0.39 is 0 Å². The first-order chi connectivity index (χ1) is 12.2. The van der Waals surface area contributed by atoms with Crippen LogP contribution < -0.4 is 20.5 Å². The van der Waals surface area contributed by atoms with E-state index in [2.05, 4.69) is 50.7 Å². The van der Waals surface area contributed by atoms with Gasteiger partial charge < -0.3 is 4.74 Å². The molecule has 2 atom stereocenters. The molecule has 7 heteroatoms. The largest absolute Gasteiger partial charge is 0.372 e. The summed E-state index contributed by atoms with van der Waals surface area (Å²) in [5, 5.41) is 7.76. The van der Waals surface area contributed by atoms with Gasteiger partial charge in [-0.05, 0) is 38.3 Å². The van der Waals surface area contributed by atoms with Crippen molar-refractivity contribution in [3.63, 3.8) is 0 Å². The Labute approximate surface area is 147 Å². The number of nitrogens with zero attached hydrogens (tertiary/aromatic N) is 2. The summed E-state index contributed by atoms with van der Waals surface area (Å²) in [7, 11) is 0. The highest BCUT2D eigenvalue weighted by Crippen LogP contribution is 2.18. The summed E-state index contributed by atoms with van der Waals surface area (Å²) in [6.45, 7) is 7.77. The normalized spacial score (nSPS) is 23.4. The topological polar surface area (TPSA) is 77.5 Å². The number of rotatable bonds is 3. The molecule has 3 heterocycles. The summed E-state index contributed by atoms with van der Waals surface area (Å²) in [4.78, 5) is 14.1. The van der Waals surface area contributed by atoms with Crippen molar-refractivity contribution in [2.24, 2.45) is 0 Å². The van der Waals surface area contributed by atoms with E-state index in [0.29, 0.717) is 12.1 Å². The van der Waals surface area contributed by atoms with Crippen LogP contribution in [0.5, 0.6) is 0 Å². The molecule has 25 heavy (non-hydrogen) atoms. The predicted molar refractivity (Wildman–Crippen MR) is 96.3 cm³/mol. The summed E-state index contributed by atoms with van der Waals surface area (Å²) in [5.41, 5.74) is 3.15. The maximum Gasteiger partial charge on any atom is 0.359 e. The Morgan fingerprint density at radius 1 is 1.36 bits per heavy atom. The molecule has 4 rings (SSSR count). The molecule has 7 nitrogen and oxygen atoms in total. The van der Waals surface area contributed by atoms with Crippen LogP contribution in [0.1, 0.15) is 24.1 Å². The minimum Gasteiger partial charge on any atom is -0.372 e. The van der Waals surface area contributed by atoms with Crippen LogP contribution in [0.3, 0.4) is 0 Å². The maximum absolute atomic E-state index is 5.72. The van der Waals surface area contributed by atoms with Crippen molar-refractivity contribution in [1.82, 2.24) is 15.3 Å². The van der Waals surface area contributed by atoms with Gasteiger partial charge in [0.2, 0.25) is 0 Å². The minimum absolute atomic E-state index is 0.405. The zero-order valence-electron chi connectivity index (χ0n) is 14.9. The zero-order chi connectivity index (χ0) is 17.2. The third-order valence-corrected chi connectivity index (χ3v) is 4.85. The smallest absolute Gasteiger partial charge is 0.359 e. The summed E-state index contributed by atoms with van der Waals surface area (Å²) < 4.78 is 5.72. The van der Waals surface area contributed by atoms with E-state index >= 15 is 0 Å². The molecule has 0 bridgehead atoms. The molecule has 2 aromatic rings. The number of ether oxygens (including phenoxy) is 1. The van der Waals surface area contributed by atoms with Gasteiger partial charge in [0.25, 0.3) is 5.95 Å². The number of nitrogens with one attached hydrogen (secondary N) is 4. The second-order valence-electron chi connectivity index (χ2n) is 6.95. The highest BCUT2D eigenvalue weighted by molar-refractivity contribution is 5.89. The van der Waals surface area contributed by atoms with Crippen molar-refractivity contribution in [1.29, 1.82) is 0 Å². The van der Waals surface area contributed by atoms with Gasteiger partial charge in [-0.1, -0.05) is 12.1 Å². The van der Waals surface area contributed by atoms with Gasteiger partial charge in [-0.15, -0.1) is 0 Å². The highest BCUT2D eigenvalue weighted by atomic mass is 16.5. The van der Waals surface area contributed by atoms with Gasteiger partial charge in [0, 0.05) is 12.0 Å². The Kier molecular flexibility index (Phi) is 4.50. The Balaban J connectivity index is 1.43. The van der Waals surface area contributed by atoms with Crippen LogP contribution in [0.15, 0.2) is 18.2 Å². The van der Waals surface area contributed by atoms with Gasteiger partial charge in [0.1, 0.15) is 12.6 Å². The Hall–Kier alpha value is -2.25. The van der Waals surface area contributed by atoms with Crippen LogP contribution in [-0.4, -0.2) is 48.5 Å². The average molecular weight is 342 g/mol. The van der Waals surface area contributed by atoms with Crippen molar-refractivity contribution in [3.8, 4) is 0 Å². The lowest BCUT2D eigenvalue weighted by molar-refractivity contribution is -0.982. The third-order valence-electron chi connectivity index (χ3n) is 4.85. The van der Waals surface area contributed by atoms with Crippen molar-refractivity contribution >= 4 is 22.8 Å². The number of hydrogen-bond donors (Lipinski definition) is 4. The summed E-state index contributed by atoms with van der Waals surface area (Å²) in [6, 6.07) is 6.27. The first-order valence-electron chi connectivity index (χ1n) is 8.99. The van der Waals surface area contributed by atoms with Gasteiger partial charge in [0.05, 0.1) is 11.2 Å². The van der Waals surface area contributed by atoms with Crippen molar-refractivity contribution in [2.75, 3.05) is 31.8 Å². The number of guanidine groups is 1. The van der Waals surface area contributed by atoms with Gasteiger partial charge in [-0.25, -0.2) is 20.6 Å². The Morgan fingerprint density at radius 2 is 2.28 bits per heavy atom. The number of quaternary nitrogens is 1. The second-order valence-corrected chi connectivity index (χ2v) is 6.95. The van der Waals surface area contributed by atoms with E-state index in [1.807, 2.05) is 6.92 Å². The predicted octanol–water partition coefficient (Wildman–Crippen LogP) is -1.32. The van der Waals surface area contributed by atoms with Gasteiger partial charge >= 0.3 is 5.96 Å². The first kappa shape index (κ1) is 16.2. The molecule has 0 amide bonds. The number of benzene rings is 1. The van der Waals surface area contributed by atoms with Crippen LogP contribution in [0.25, 0.3) is 10.9 Å². The highest BCUT2D eigenvalue weighted by Gasteiger charge is 2.26. The monoisotopic (exact) mass is 342 g/mol. The first-order valence-corrected chi connectivity index (χ1v) is 8.99. The van der Waals surface area contributed by atoms with E-state index in [1.165, 1.54) is 23.3 Å². The van der Waals surface area contributed by atoms with Crippen molar-refractivity contribution < 1.29 is 14.6 Å². The lowest BCUT2D eigenvalue weighted by atomic mass is 10.1. The molecule has 0 radical (unpaired) electrons. The molecule has 132 valence electrons. The van der Waals surface area contributed by atoms with Gasteiger partial charge in [-0.3, -0.25) is 4.90 Å². The Bertz CT molecular complexity index is 799. The molecule has 1 aromatic carbocycles. The fourth-order valence-corrected chi connectivity index (χ4v) is 3.48. The number of hydrogen-bond acceptors (Lipinski definition) is 5. The molecular formula is C18H26N6O+2. The fraction of sp³-hybridized carbons (Fsp3) is 0.500. The lowest BCUT2D eigenvalue weighted by Gasteiger charge is -2.22. The van der Waals surface area contributed by atoms with Gasteiger partial charge in [0.15, 0.2) is 13.3 Å². The van der Waals surface area contributed by atoms with Crippen LogP contribution in [0.2, 0.25) is 0 Å².